The van der Waals surface area contributed by atoms with Crippen molar-refractivity contribution in [2.24, 2.45) is 12.8 Å². The van der Waals surface area contributed by atoms with Crippen molar-refractivity contribution in [1.82, 2.24) is 14.8 Å². The van der Waals surface area contributed by atoms with Gasteiger partial charge >= 0.3 is 0 Å². The van der Waals surface area contributed by atoms with Gasteiger partial charge in [-0.25, -0.2) is 9.67 Å². The number of ether oxygens (including phenoxy) is 1. The van der Waals surface area contributed by atoms with Gasteiger partial charge in [-0.3, -0.25) is 5.41 Å². The number of amidine groups is 1. The highest BCUT2D eigenvalue weighted by atomic mass is 16.5. The summed E-state index contributed by atoms with van der Waals surface area (Å²) < 4.78 is 7.46. The highest BCUT2D eigenvalue weighted by Crippen LogP contribution is 2.29. The molecule has 3 N–H and O–H groups in total. The van der Waals surface area contributed by atoms with Gasteiger partial charge in [-0.1, -0.05) is 0 Å². The summed E-state index contributed by atoms with van der Waals surface area (Å²) in [5.41, 5.74) is 9.28. The Balaban J connectivity index is 2.04. The molecule has 0 radical (unpaired) electrons. The first-order chi connectivity index (χ1) is 9.54. The molecule has 0 spiro atoms. The summed E-state index contributed by atoms with van der Waals surface area (Å²) in [7, 11) is 1.81. The number of aryl methyl sites for hydroxylation is 4. The third kappa shape index (κ3) is 2.13. The first-order valence-corrected chi connectivity index (χ1v) is 6.60. The number of hydrogen-bond donors (Lipinski definition) is 2. The molecular formula is C14H17N5O. The van der Waals surface area contributed by atoms with Gasteiger partial charge in [0, 0.05) is 18.8 Å². The van der Waals surface area contributed by atoms with E-state index < -0.39 is 0 Å². The molecule has 0 aliphatic heterocycles. The van der Waals surface area contributed by atoms with Crippen LogP contribution in [0.1, 0.15) is 28.9 Å². The largest absolute Gasteiger partial charge is 0.420 e. The molecule has 1 aliphatic carbocycles. The smallest absolute Gasteiger partial charge is 0.232 e. The standard InChI is InChI=1S/C14H17N5O/c1-8-6-12(19(2)18-8)20-14-10(13(15)16)7-9-4-3-5-11(9)17-14/h6-7H,3-5H2,1-2H3,(H3,15,16). The molecule has 0 fully saturated rings. The van der Waals surface area contributed by atoms with Gasteiger partial charge in [0.05, 0.1) is 11.3 Å². The number of hydrogen-bond acceptors (Lipinski definition) is 4. The molecule has 0 bridgehead atoms. The van der Waals surface area contributed by atoms with Gasteiger partial charge in [-0.15, -0.1) is 0 Å². The molecule has 0 saturated heterocycles. The van der Waals surface area contributed by atoms with E-state index in [1.54, 1.807) is 4.68 Å². The minimum Gasteiger partial charge on any atom is -0.420 e. The lowest BCUT2D eigenvalue weighted by Gasteiger charge is -2.11. The molecule has 0 amide bonds. The summed E-state index contributed by atoms with van der Waals surface area (Å²) in [6, 6.07) is 3.76. The molecule has 6 nitrogen and oxygen atoms in total. The van der Waals surface area contributed by atoms with Crippen LogP contribution in [0.25, 0.3) is 0 Å². The van der Waals surface area contributed by atoms with Crippen molar-refractivity contribution in [1.29, 1.82) is 5.41 Å². The van der Waals surface area contributed by atoms with Crippen LogP contribution in [-0.2, 0) is 19.9 Å². The zero-order chi connectivity index (χ0) is 14.3. The first kappa shape index (κ1) is 12.7. The lowest BCUT2D eigenvalue weighted by atomic mass is 10.1. The zero-order valence-corrected chi connectivity index (χ0v) is 11.6. The van der Waals surface area contributed by atoms with Crippen molar-refractivity contribution in [2.75, 3.05) is 0 Å². The number of aromatic nitrogens is 3. The molecule has 104 valence electrons. The fraction of sp³-hybridized carbons (Fsp3) is 0.357. The fourth-order valence-corrected chi connectivity index (χ4v) is 2.51. The molecular weight excluding hydrogens is 254 g/mol. The summed E-state index contributed by atoms with van der Waals surface area (Å²) in [6.45, 7) is 1.90. The van der Waals surface area contributed by atoms with E-state index in [2.05, 4.69) is 10.1 Å². The monoisotopic (exact) mass is 271 g/mol. The summed E-state index contributed by atoms with van der Waals surface area (Å²) >= 11 is 0. The number of nitrogens with zero attached hydrogens (tertiary/aromatic N) is 3. The second kappa shape index (κ2) is 4.63. The highest BCUT2D eigenvalue weighted by molar-refractivity contribution is 5.97. The zero-order valence-electron chi connectivity index (χ0n) is 11.6. The van der Waals surface area contributed by atoms with Crippen LogP contribution in [0.15, 0.2) is 12.1 Å². The molecule has 3 rings (SSSR count). The van der Waals surface area contributed by atoms with Gasteiger partial charge in [0.2, 0.25) is 11.8 Å². The maximum absolute atomic E-state index is 7.70. The van der Waals surface area contributed by atoms with Crippen molar-refractivity contribution in [2.45, 2.75) is 26.2 Å². The third-order valence-corrected chi connectivity index (χ3v) is 3.47. The molecule has 0 unspecified atom stereocenters. The predicted molar refractivity (Wildman–Crippen MR) is 75.3 cm³/mol. The van der Waals surface area contributed by atoms with E-state index in [0.29, 0.717) is 17.3 Å². The maximum Gasteiger partial charge on any atom is 0.232 e. The Morgan fingerprint density at radius 1 is 1.40 bits per heavy atom. The Hall–Kier alpha value is -2.37. The Kier molecular flexibility index (Phi) is 2.93. The Morgan fingerprint density at radius 3 is 2.85 bits per heavy atom. The third-order valence-electron chi connectivity index (χ3n) is 3.47. The lowest BCUT2D eigenvalue weighted by Crippen LogP contribution is -2.14. The Bertz CT molecular complexity index is 689. The van der Waals surface area contributed by atoms with Crippen LogP contribution in [0.5, 0.6) is 11.8 Å². The van der Waals surface area contributed by atoms with Crippen LogP contribution in [-0.4, -0.2) is 20.6 Å². The van der Waals surface area contributed by atoms with Crippen LogP contribution >= 0.6 is 0 Å². The van der Waals surface area contributed by atoms with Crippen LogP contribution in [0.3, 0.4) is 0 Å². The highest BCUT2D eigenvalue weighted by Gasteiger charge is 2.20. The number of nitrogens with one attached hydrogen (secondary N) is 1. The van der Waals surface area contributed by atoms with Crippen LogP contribution in [0, 0.1) is 12.3 Å². The molecule has 6 heteroatoms. The van der Waals surface area contributed by atoms with Crippen LogP contribution in [0.2, 0.25) is 0 Å². The number of nitrogens with two attached hydrogens (primary N) is 1. The number of rotatable bonds is 3. The molecule has 20 heavy (non-hydrogen) atoms. The van der Waals surface area contributed by atoms with E-state index in [1.165, 1.54) is 5.56 Å². The van der Waals surface area contributed by atoms with E-state index in [1.807, 2.05) is 26.1 Å². The fourth-order valence-electron chi connectivity index (χ4n) is 2.51. The predicted octanol–water partition coefficient (Wildman–Crippen LogP) is 1.69. The van der Waals surface area contributed by atoms with Gasteiger partial charge in [-0.05, 0) is 37.8 Å². The average molecular weight is 271 g/mol. The Labute approximate surface area is 117 Å². The molecule has 2 aromatic rings. The minimum absolute atomic E-state index is 0.0268. The van der Waals surface area contributed by atoms with Crippen LogP contribution in [0.4, 0.5) is 0 Å². The first-order valence-electron chi connectivity index (χ1n) is 6.60. The number of nitrogen functional groups attached to an aromatic ring is 1. The molecule has 1 aliphatic rings. The van der Waals surface area contributed by atoms with Crippen LogP contribution < -0.4 is 10.5 Å². The molecule has 0 aromatic carbocycles. The topological polar surface area (TPSA) is 89.8 Å². The van der Waals surface area contributed by atoms with E-state index in [9.17, 15) is 0 Å². The summed E-state index contributed by atoms with van der Waals surface area (Å²) in [4.78, 5) is 4.54. The van der Waals surface area contributed by atoms with Crippen molar-refractivity contribution >= 4 is 5.84 Å². The summed E-state index contributed by atoms with van der Waals surface area (Å²) in [6.07, 6.45) is 3.04. The van der Waals surface area contributed by atoms with Gasteiger partial charge in [0.15, 0.2) is 0 Å². The minimum atomic E-state index is -0.0268. The summed E-state index contributed by atoms with van der Waals surface area (Å²) in [5, 5.41) is 11.9. The van der Waals surface area contributed by atoms with Gasteiger partial charge < -0.3 is 10.5 Å². The van der Waals surface area contributed by atoms with Crippen molar-refractivity contribution < 1.29 is 4.74 Å². The second-order valence-electron chi connectivity index (χ2n) is 5.06. The number of fused-ring (bicyclic) bond motifs is 1. The Morgan fingerprint density at radius 2 is 2.20 bits per heavy atom. The van der Waals surface area contributed by atoms with Crippen molar-refractivity contribution in [3.8, 4) is 11.8 Å². The van der Waals surface area contributed by atoms with E-state index in [0.717, 1.165) is 30.7 Å². The SMILES string of the molecule is Cc1cc(Oc2nc3c(cc2C(=N)N)CCC3)n(C)n1. The normalized spacial score (nSPS) is 13.3. The molecule has 2 aromatic heterocycles. The average Bonchev–Trinajstić information content (AvgIpc) is 2.94. The van der Waals surface area contributed by atoms with Gasteiger partial charge in [0.1, 0.15) is 5.84 Å². The van der Waals surface area contributed by atoms with Gasteiger partial charge in [-0.2, -0.15) is 5.10 Å². The van der Waals surface area contributed by atoms with Gasteiger partial charge in [0.25, 0.3) is 0 Å². The van der Waals surface area contributed by atoms with E-state index in [-0.39, 0.29) is 5.84 Å². The van der Waals surface area contributed by atoms with Crippen molar-refractivity contribution in [3.63, 3.8) is 0 Å². The molecule has 0 atom stereocenters. The number of pyridine rings is 1. The lowest BCUT2D eigenvalue weighted by molar-refractivity contribution is 0.413. The maximum atomic E-state index is 7.70. The second-order valence-corrected chi connectivity index (χ2v) is 5.06. The summed E-state index contributed by atoms with van der Waals surface area (Å²) in [5.74, 6) is 0.956. The quantitative estimate of drug-likeness (QED) is 0.656. The van der Waals surface area contributed by atoms with E-state index in [4.69, 9.17) is 15.9 Å². The molecule has 0 saturated carbocycles. The van der Waals surface area contributed by atoms with Crippen molar-refractivity contribution in [3.05, 3.63) is 34.6 Å². The molecule has 2 heterocycles. The van der Waals surface area contributed by atoms with E-state index >= 15 is 0 Å².